The van der Waals surface area contributed by atoms with Crippen molar-refractivity contribution in [3.05, 3.63) is 38.8 Å². The average molecular weight is 191 g/mol. The monoisotopic (exact) mass is 191 g/mol. The first kappa shape index (κ1) is 8.68. The molecule has 0 radical (unpaired) electrons. The van der Waals surface area contributed by atoms with Crippen LogP contribution in [0.1, 0.15) is 5.69 Å². The molecule has 0 aliphatic rings. The molecule has 0 spiro atoms. The third-order valence-electron chi connectivity index (χ3n) is 2.13. The minimum absolute atomic E-state index is 0.154. The summed E-state index contributed by atoms with van der Waals surface area (Å²) in [6, 6.07) is 1.39. The van der Waals surface area contributed by atoms with Gasteiger partial charge in [0.25, 0.3) is 5.56 Å². The van der Waals surface area contributed by atoms with Crippen LogP contribution < -0.4 is 11.2 Å². The van der Waals surface area contributed by atoms with Crippen molar-refractivity contribution in [1.82, 2.24) is 14.5 Å². The van der Waals surface area contributed by atoms with E-state index in [0.29, 0.717) is 11.2 Å². The van der Waals surface area contributed by atoms with Gasteiger partial charge in [0.05, 0.1) is 11.2 Å². The standard InChI is InChI=1S/C9H9N3O2/c1-5-6-4-12(2)8(13)3-7(6)11-9(14)10-5/h3-4H,1-2H3,(H,11,14). The van der Waals surface area contributed by atoms with Gasteiger partial charge in [-0.2, -0.15) is 4.98 Å². The molecule has 0 fully saturated rings. The normalized spacial score (nSPS) is 10.7. The Bertz CT molecular complexity index is 609. The van der Waals surface area contributed by atoms with Crippen molar-refractivity contribution < 1.29 is 0 Å². The Morgan fingerprint density at radius 1 is 1.43 bits per heavy atom. The van der Waals surface area contributed by atoms with E-state index in [1.165, 1.54) is 10.6 Å². The summed E-state index contributed by atoms with van der Waals surface area (Å²) in [7, 11) is 1.66. The third-order valence-corrected chi connectivity index (χ3v) is 2.13. The fourth-order valence-electron chi connectivity index (χ4n) is 1.38. The summed E-state index contributed by atoms with van der Waals surface area (Å²) in [4.78, 5) is 28.6. The number of nitrogens with zero attached hydrogens (tertiary/aromatic N) is 2. The van der Waals surface area contributed by atoms with Crippen molar-refractivity contribution in [3.63, 3.8) is 0 Å². The van der Waals surface area contributed by atoms with E-state index in [1.807, 2.05) is 0 Å². The third kappa shape index (κ3) is 1.22. The molecule has 2 rings (SSSR count). The van der Waals surface area contributed by atoms with Crippen molar-refractivity contribution in [2.45, 2.75) is 6.92 Å². The molecule has 14 heavy (non-hydrogen) atoms. The maximum atomic E-state index is 11.3. The largest absolute Gasteiger partial charge is 0.345 e. The molecule has 1 N–H and O–H groups in total. The van der Waals surface area contributed by atoms with E-state index in [1.54, 1.807) is 20.2 Å². The fourth-order valence-corrected chi connectivity index (χ4v) is 1.38. The number of nitrogens with one attached hydrogen (secondary N) is 1. The van der Waals surface area contributed by atoms with Crippen molar-refractivity contribution >= 4 is 10.9 Å². The van der Waals surface area contributed by atoms with E-state index in [-0.39, 0.29) is 5.56 Å². The van der Waals surface area contributed by atoms with Crippen LogP contribution in [0.2, 0.25) is 0 Å². The molecule has 2 aromatic heterocycles. The highest BCUT2D eigenvalue weighted by Crippen LogP contribution is 2.08. The van der Waals surface area contributed by atoms with Crippen LogP contribution in [0.15, 0.2) is 21.9 Å². The molecule has 5 nitrogen and oxygen atoms in total. The smallest absolute Gasteiger partial charge is 0.318 e. The lowest BCUT2D eigenvalue weighted by molar-refractivity contribution is 0.865. The lowest BCUT2D eigenvalue weighted by Gasteiger charge is -2.02. The van der Waals surface area contributed by atoms with Gasteiger partial charge in [0.1, 0.15) is 0 Å². The highest BCUT2D eigenvalue weighted by atomic mass is 16.1. The van der Waals surface area contributed by atoms with Crippen LogP contribution in [0.25, 0.3) is 10.9 Å². The van der Waals surface area contributed by atoms with Crippen LogP contribution in [0.4, 0.5) is 0 Å². The number of hydrogen-bond acceptors (Lipinski definition) is 3. The Balaban J connectivity index is 3.03. The zero-order valence-electron chi connectivity index (χ0n) is 7.87. The summed E-state index contributed by atoms with van der Waals surface area (Å²) in [6.07, 6.45) is 1.66. The average Bonchev–Trinajstić information content (AvgIpc) is 2.08. The Morgan fingerprint density at radius 3 is 2.86 bits per heavy atom. The molecular weight excluding hydrogens is 182 g/mol. The van der Waals surface area contributed by atoms with Crippen LogP contribution in [-0.4, -0.2) is 14.5 Å². The molecule has 0 bridgehead atoms. The van der Waals surface area contributed by atoms with Gasteiger partial charge in [0.2, 0.25) is 0 Å². The van der Waals surface area contributed by atoms with Gasteiger partial charge in [0.15, 0.2) is 0 Å². The SMILES string of the molecule is Cc1nc(=O)[nH]c2cc(=O)n(C)cc12. The van der Waals surface area contributed by atoms with Crippen LogP contribution in [0.5, 0.6) is 0 Å². The predicted octanol–water partition coefficient (Wildman–Crippen LogP) is -0.0698. The molecule has 2 heterocycles. The minimum atomic E-state index is -0.428. The number of hydrogen-bond donors (Lipinski definition) is 1. The lowest BCUT2D eigenvalue weighted by Crippen LogP contribution is -2.18. The highest BCUT2D eigenvalue weighted by molar-refractivity contribution is 5.79. The van der Waals surface area contributed by atoms with Crippen molar-refractivity contribution in [2.24, 2.45) is 7.05 Å². The van der Waals surface area contributed by atoms with Crippen LogP contribution in [0.3, 0.4) is 0 Å². The second-order valence-corrected chi connectivity index (χ2v) is 3.18. The molecule has 0 aromatic carbocycles. The molecule has 5 heteroatoms. The number of aryl methyl sites for hydroxylation is 2. The first-order chi connectivity index (χ1) is 6.58. The van der Waals surface area contributed by atoms with Crippen molar-refractivity contribution in [2.75, 3.05) is 0 Å². The number of H-pyrrole nitrogens is 1. The summed E-state index contributed by atoms with van der Waals surface area (Å²) in [5, 5.41) is 0.784. The van der Waals surface area contributed by atoms with Gasteiger partial charge in [-0.05, 0) is 6.92 Å². The summed E-state index contributed by atoms with van der Waals surface area (Å²) in [6.45, 7) is 1.74. The van der Waals surface area contributed by atoms with E-state index in [9.17, 15) is 9.59 Å². The fraction of sp³-hybridized carbons (Fsp3) is 0.222. The first-order valence-corrected chi connectivity index (χ1v) is 4.15. The second-order valence-electron chi connectivity index (χ2n) is 3.18. The number of pyridine rings is 1. The number of fused-ring (bicyclic) bond motifs is 1. The van der Waals surface area contributed by atoms with Gasteiger partial charge < -0.3 is 9.55 Å². The van der Waals surface area contributed by atoms with Crippen molar-refractivity contribution in [3.8, 4) is 0 Å². The van der Waals surface area contributed by atoms with Crippen molar-refractivity contribution in [1.29, 1.82) is 0 Å². The van der Waals surface area contributed by atoms with Crippen LogP contribution >= 0.6 is 0 Å². The maximum Gasteiger partial charge on any atom is 0.345 e. The van der Waals surface area contributed by atoms with E-state index in [0.717, 1.165) is 5.39 Å². The maximum absolute atomic E-state index is 11.3. The Hall–Kier alpha value is -1.91. The van der Waals surface area contributed by atoms with Gasteiger partial charge in [-0.3, -0.25) is 4.79 Å². The molecule has 0 aliphatic carbocycles. The topological polar surface area (TPSA) is 67.8 Å². The van der Waals surface area contributed by atoms with E-state index < -0.39 is 5.69 Å². The molecule has 0 saturated heterocycles. The Kier molecular flexibility index (Phi) is 1.73. The summed E-state index contributed by atoms with van der Waals surface area (Å²) >= 11 is 0. The van der Waals surface area contributed by atoms with E-state index in [4.69, 9.17) is 0 Å². The zero-order chi connectivity index (χ0) is 10.3. The molecule has 0 aliphatic heterocycles. The molecule has 0 unspecified atom stereocenters. The Labute approximate surface area is 79.0 Å². The quantitative estimate of drug-likeness (QED) is 0.633. The molecule has 72 valence electrons. The van der Waals surface area contributed by atoms with E-state index in [2.05, 4.69) is 9.97 Å². The molecule has 0 atom stereocenters. The van der Waals surface area contributed by atoms with Gasteiger partial charge >= 0.3 is 5.69 Å². The highest BCUT2D eigenvalue weighted by Gasteiger charge is 2.02. The molecule has 0 amide bonds. The van der Waals surface area contributed by atoms with Gasteiger partial charge in [-0.25, -0.2) is 4.79 Å². The van der Waals surface area contributed by atoms with Gasteiger partial charge in [-0.15, -0.1) is 0 Å². The van der Waals surface area contributed by atoms with Crippen LogP contribution in [0, 0.1) is 6.92 Å². The summed E-state index contributed by atoms with van der Waals surface area (Å²) in [5.41, 5.74) is 0.576. The van der Waals surface area contributed by atoms with Gasteiger partial charge in [0, 0.05) is 24.7 Å². The summed E-state index contributed by atoms with van der Waals surface area (Å²) in [5.74, 6) is 0. The predicted molar refractivity (Wildman–Crippen MR) is 52.3 cm³/mol. The minimum Gasteiger partial charge on any atom is -0.318 e. The first-order valence-electron chi connectivity index (χ1n) is 4.15. The molecular formula is C9H9N3O2. The van der Waals surface area contributed by atoms with Crippen LogP contribution in [-0.2, 0) is 7.05 Å². The molecule has 2 aromatic rings. The molecule has 0 saturated carbocycles. The van der Waals surface area contributed by atoms with Gasteiger partial charge in [-0.1, -0.05) is 0 Å². The number of aromatic nitrogens is 3. The second kappa shape index (κ2) is 2.80. The zero-order valence-corrected chi connectivity index (χ0v) is 7.87. The lowest BCUT2D eigenvalue weighted by atomic mass is 10.2. The summed E-state index contributed by atoms with van der Waals surface area (Å²) < 4.78 is 1.45. The number of rotatable bonds is 0. The Morgan fingerprint density at radius 2 is 2.14 bits per heavy atom. The number of aromatic amines is 1. The van der Waals surface area contributed by atoms with E-state index >= 15 is 0 Å².